The van der Waals surface area contributed by atoms with Crippen LogP contribution in [0.25, 0.3) is 0 Å². The Morgan fingerprint density at radius 2 is 1.88 bits per heavy atom. The van der Waals surface area contributed by atoms with Gasteiger partial charge in [-0.1, -0.05) is 38.1 Å². The molecule has 1 unspecified atom stereocenters. The molecule has 126 valence electrons. The normalized spacial score (nSPS) is 16.7. The molecular formula is C20H24N2O2. The van der Waals surface area contributed by atoms with Crippen molar-refractivity contribution < 1.29 is 9.53 Å². The summed E-state index contributed by atoms with van der Waals surface area (Å²) in [5, 5.41) is 0. The SMILES string of the molecule is CCCN1C(=O)C(Cc2ccccc2CC)Oc2cc(N)ccc21. The molecule has 0 saturated carbocycles. The van der Waals surface area contributed by atoms with Gasteiger partial charge in [-0.3, -0.25) is 4.79 Å². The van der Waals surface area contributed by atoms with Gasteiger partial charge >= 0.3 is 0 Å². The Morgan fingerprint density at radius 1 is 1.12 bits per heavy atom. The Morgan fingerprint density at radius 3 is 2.58 bits per heavy atom. The second-order valence-electron chi connectivity index (χ2n) is 6.15. The number of carbonyl (C=O) groups is 1. The molecule has 4 nitrogen and oxygen atoms in total. The number of amides is 1. The molecule has 1 heterocycles. The van der Waals surface area contributed by atoms with Gasteiger partial charge in [-0.2, -0.15) is 0 Å². The average Bonchev–Trinajstić information content (AvgIpc) is 2.59. The van der Waals surface area contributed by atoms with Crippen molar-refractivity contribution in [3.63, 3.8) is 0 Å². The van der Waals surface area contributed by atoms with E-state index in [1.54, 1.807) is 0 Å². The van der Waals surface area contributed by atoms with E-state index in [1.807, 2.05) is 35.2 Å². The Kier molecular flexibility index (Phi) is 4.74. The van der Waals surface area contributed by atoms with Gasteiger partial charge in [-0.15, -0.1) is 0 Å². The summed E-state index contributed by atoms with van der Waals surface area (Å²) in [6.07, 6.45) is 1.92. The molecule has 1 atom stereocenters. The highest BCUT2D eigenvalue weighted by Gasteiger charge is 2.34. The van der Waals surface area contributed by atoms with Crippen LogP contribution in [-0.2, 0) is 17.6 Å². The van der Waals surface area contributed by atoms with Crippen LogP contribution >= 0.6 is 0 Å². The molecule has 1 aliphatic heterocycles. The van der Waals surface area contributed by atoms with Crippen molar-refractivity contribution in [3.8, 4) is 5.75 Å². The Bertz CT molecular complexity index is 742. The first-order chi connectivity index (χ1) is 11.6. The van der Waals surface area contributed by atoms with Crippen LogP contribution in [0.3, 0.4) is 0 Å². The van der Waals surface area contributed by atoms with Gasteiger partial charge in [-0.05, 0) is 36.1 Å². The number of anilines is 2. The summed E-state index contributed by atoms with van der Waals surface area (Å²) in [5.41, 5.74) is 9.78. The molecule has 0 radical (unpaired) electrons. The molecule has 0 bridgehead atoms. The molecule has 2 aromatic rings. The molecule has 1 amide bonds. The zero-order chi connectivity index (χ0) is 17.1. The average molecular weight is 324 g/mol. The van der Waals surface area contributed by atoms with Crippen LogP contribution in [0.2, 0.25) is 0 Å². The lowest BCUT2D eigenvalue weighted by Crippen LogP contribution is -2.47. The number of rotatable bonds is 5. The van der Waals surface area contributed by atoms with E-state index in [-0.39, 0.29) is 5.91 Å². The topological polar surface area (TPSA) is 55.6 Å². The fourth-order valence-corrected chi connectivity index (χ4v) is 3.23. The van der Waals surface area contributed by atoms with Gasteiger partial charge in [0.05, 0.1) is 5.69 Å². The number of hydrogen-bond acceptors (Lipinski definition) is 3. The van der Waals surface area contributed by atoms with E-state index in [2.05, 4.69) is 26.0 Å². The van der Waals surface area contributed by atoms with Crippen molar-refractivity contribution in [3.05, 3.63) is 53.6 Å². The number of carbonyl (C=O) groups excluding carboxylic acids is 1. The van der Waals surface area contributed by atoms with E-state index in [0.717, 1.165) is 18.5 Å². The van der Waals surface area contributed by atoms with E-state index in [1.165, 1.54) is 11.1 Å². The van der Waals surface area contributed by atoms with Crippen LogP contribution in [0.1, 0.15) is 31.4 Å². The minimum absolute atomic E-state index is 0.0278. The number of aryl methyl sites for hydroxylation is 1. The first-order valence-electron chi connectivity index (χ1n) is 8.58. The monoisotopic (exact) mass is 324 g/mol. The second-order valence-corrected chi connectivity index (χ2v) is 6.15. The molecule has 0 fully saturated rings. The van der Waals surface area contributed by atoms with Crippen molar-refractivity contribution >= 4 is 17.3 Å². The first kappa shape index (κ1) is 16.4. The maximum Gasteiger partial charge on any atom is 0.268 e. The van der Waals surface area contributed by atoms with Crippen molar-refractivity contribution in [1.82, 2.24) is 0 Å². The quantitative estimate of drug-likeness (QED) is 0.855. The summed E-state index contributed by atoms with van der Waals surface area (Å²) >= 11 is 0. The molecule has 0 saturated heterocycles. The molecule has 1 aliphatic rings. The lowest BCUT2D eigenvalue weighted by Gasteiger charge is -2.34. The van der Waals surface area contributed by atoms with Gasteiger partial charge in [0.15, 0.2) is 6.10 Å². The Labute approximate surface area is 143 Å². The van der Waals surface area contributed by atoms with Gasteiger partial charge in [0.25, 0.3) is 5.91 Å². The molecule has 4 heteroatoms. The Hall–Kier alpha value is -2.49. The molecule has 24 heavy (non-hydrogen) atoms. The van der Waals surface area contributed by atoms with E-state index in [0.29, 0.717) is 24.4 Å². The minimum Gasteiger partial charge on any atom is -0.478 e. The maximum absolute atomic E-state index is 12.9. The van der Waals surface area contributed by atoms with Crippen LogP contribution in [0.15, 0.2) is 42.5 Å². The van der Waals surface area contributed by atoms with Crippen molar-refractivity contribution in [2.24, 2.45) is 0 Å². The molecule has 2 N–H and O–H groups in total. The van der Waals surface area contributed by atoms with Crippen molar-refractivity contribution in [2.45, 2.75) is 39.2 Å². The van der Waals surface area contributed by atoms with Crippen molar-refractivity contribution in [2.75, 3.05) is 17.2 Å². The smallest absolute Gasteiger partial charge is 0.268 e. The van der Waals surface area contributed by atoms with Crippen LogP contribution < -0.4 is 15.4 Å². The number of fused-ring (bicyclic) bond motifs is 1. The standard InChI is InChI=1S/C20H24N2O2/c1-3-11-22-17-10-9-16(21)13-18(17)24-19(20(22)23)12-15-8-6-5-7-14(15)4-2/h5-10,13,19H,3-4,11-12,21H2,1-2H3. The third kappa shape index (κ3) is 3.09. The van der Waals surface area contributed by atoms with Crippen LogP contribution in [0, 0.1) is 0 Å². The minimum atomic E-state index is -0.501. The van der Waals surface area contributed by atoms with E-state index >= 15 is 0 Å². The Balaban J connectivity index is 1.93. The largest absolute Gasteiger partial charge is 0.478 e. The van der Waals surface area contributed by atoms with Crippen LogP contribution in [-0.4, -0.2) is 18.6 Å². The van der Waals surface area contributed by atoms with Gasteiger partial charge in [0.2, 0.25) is 0 Å². The van der Waals surface area contributed by atoms with Gasteiger partial charge in [0, 0.05) is 24.7 Å². The first-order valence-corrected chi connectivity index (χ1v) is 8.58. The van der Waals surface area contributed by atoms with Gasteiger partial charge in [-0.25, -0.2) is 0 Å². The van der Waals surface area contributed by atoms with E-state index in [9.17, 15) is 4.79 Å². The highest BCUT2D eigenvalue weighted by atomic mass is 16.5. The summed E-state index contributed by atoms with van der Waals surface area (Å²) in [7, 11) is 0. The third-order valence-corrected chi connectivity index (χ3v) is 4.44. The molecular weight excluding hydrogens is 300 g/mol. The second kappa shape index (κ2) is 6.95. The number of ether oxygens (including phenoxy) is 1. The third-order valence-electron chi connectivity index (χ3n) is 4.44. The zero-order valence-corrected chi connectivity index (χ0v) is 14.3. The highest BCUT2D eigenvalue weighted by molar-refractivity contribution is 6.00. The van der Waals surface area contributed by atoms with Crippen LogP contribution in [0.4, 0.5) is 11.4 Å². The fraction of sp³-hybridized carbons (Fsp3) is 0.350. The number of nitrogens with zero attached hydrogens (tertiary/aromatic N) is 1. The molecule has 0 aliphatic carbocycles. The summed E-state index contributed by atoms with van der Waals surface area (Å²) in [5.74, 6) is 0.724. The number of nitrogen functional groups attached to an aromatic ring is 1. The molecule has 2 aromatic carbocycles. The number of benzene rings is 2. The van der Waals surface area contributed by atoms with E-state index in [4.69, 9.17) is 10.5 Å². The number of nitrogens with two attached hydrogens (primary N) is 1. The van der Waals surface area contributed by atoms with Crippen molar-refractivity contribution in [1.29, 1.82) is 0 Å². The van der Waals surface area contributed by atoms with Gasteiger partial charge < -0.3 is 15.4 Å². The molecule has 0 spiro atoms. The fourth-order valence-electron chi connectivity index (χ4n) is 3.23. The summed E-state index contributed by atoms with van der Waals surface area (Å²) in [6.45, 7) is 4.88. The lowest BCUT2D eigenvalue weighted by molar-refractivity contribution is -0.126. The van der Waals surface area contributed by atoms with Crippen LogP contribution in [0.5, 0.6) is 5.75 Å². The predicted octanol–water partition coefficient (Wildman–Crippen LogP) is 3.58. The number of hydrogen-bond donors (Lipinski definition) is 1. The summed E-state index contributed by atoms with van der Waals surface area (Å²) in [6, 6.07) is 13.7. The maximum atomic E-state index is 12.9. The summed E-state index contributed by atoms with van der Waals surface area (Å²) in [4.78, 5) is 14.8. The predicted molar refractivity (Wildman–Crippen MR) is 97.4 cm³/mol. The molecule has 3 rings (SSSR count). The highest BCUT2D eigenvalue weighted by Crippen LogP contribution is 2.36. The summed E-state index contributed by atoms with van der Waals surface area (Å²) < 4.78 is 6.03. The van der Waals surface area contributed by atoms with Gasteiger partial charge in [0.1, 0.15) is 5.75 Å². The van der Waals surface area contributed by atoms with E-state index < -0.39 is 6.10 Å². The molecule has 0 aromatic heterocycles. The zero-order valence-electron chi connectivity index (χ0n) is 14.3. The lowest BCUT2D eigenvalue weighted by atomic mass is 9.98.